The average Bonchev–Trinajstić information content (AvgIpc) is 3.00. The van der Waals surface area contributed by atoms with Gasteiger partial charge in [0.2, 0.25) is 5.91 Å². The van der Waals surface area contributed by atoms with Crippen molar-refractivity contribution in [3.8, 4) is 22.8 Å². The normalized spacial score (nSPS) is 12.4. The van der Waals surface area contributed by atoms with Gasteiger partial charge in [-0.3, -0.25) is 4.79 Å². The fraction of sp³-hybridized carbons (Fsp3) is 0.179. The van der Waals surface area contributed by atoms with E-state index in [1.54, 1.807) is 36.4 Å². The molecule has 0 atom stereocenters. The van der Waals surface area contributed by atoms with Gasteiger partial charge in [-0.25, -0.2) is 9.97 Å². The van der Waals surface area contributed by atoms with Crippen molar-refractivity contribution in [2.24, 2.45) is 0 Å². The molecule has 6 nitrogen and oxygen atoms in total. The molecular weight excluding hydrogens is 426 g/mol. The molecule has 0 bridgehead atoms. The number of hydrogen-bond donors (Lipinski definition) is 3. The van der Waals surface area contributed by atoms with E-state index in [9.17, 15) is 15.0 Å². The molecule has 0 saturated carbocycles. The summed E-state index contributed by atoms with van der Waals surface area (Å²) in [6, 6.07) is 22.0. The number of carbonyl (C=O) groups excluding carboxylic acids is 1. The molecule has 0 aliphatic heterocycles. The van der Waals surface area contributed by atoms with Crippen molar-refractivity contribution in [3.63, 3.8) is 0 Å². The van der Waals surface area contributed by atoms with E-state index >= 15 is 0 Å². The van der Waals surface area contributed by atoms with Crippen LogP contribution in [0.4, 0.5) is 5.82 Å². The first-order chi connectivity index (χ1) is 16.5. The first kappa shape index (κ1) is 21.6. The Balaban J connectivity index is 1.52. The monoisotopic (exact) mass is 451 g/mol. The minimum absolute atomic E-state index is 0.166. The van der Waals surface area contributed by atoms with Crippen molar-refractivity contribution < 1.29 is 15.0 Å². The highest BCUT2D eigenvalue weighted by atomic mass is 16.3. The van der Waals surface area contributed by atoms with Gasteiger partial charge in [-0.2, -0.15) is 0 Å². The van der Waals surface area contributed by atoms with E-state index in [0.717, 1.165) is 52.9 Å². The molecule has 170 valence electrons. The molecule has 1 aliphatic carbocycles. The van der Waals surface area contributed by atoms with E-state index in [1.807, 2.05) is 36.4 Å². The van der Waals surface area contributed by atoms with E-state index in [0.29, 0.717) is 17.9 Å². The molecule has 6 heteroatoms. The second-order valence-corrected chi connectivity index (χ2v) is 8.56. The number of aromatic nitrogens is 2. The number of aryl methyl sites for hydroxylation is 2. The van der Waals surface area contributed by atoms with Crippen LogP contribution < -0.4 is 5.32 Å². The van der Waals surface area contributed by atoms with Crippen LogP contribution in [0.2, 0.25) is 0 Å². The molecule has 0 spiro atoms. The predicted molar refractivity (Wildman–Crippen MR) is 131 cm³/mol. The summed E-state index contributed by atoms with van der Waals surface area (Å²) in [4.78, 5) is 22.8. The van der Waals surface area contributed by atoms with E-state index in [2.05, 4.69) is 5.32 Å². The summed E-state index contributed by atoms with van der Waals surface area (Å²) in [6.07, 6.45) is 3.16. The molecule has 1 aromatic heterocycles. The zero-order valence-electron chi connectivity index (χ0n) is 18.7. The quantitative estimate of drug-likeness (QED) is 0.405. The van der Waals surface area contributed by atoms with E-state index in [4.69, 9.17) is 9.97 Å². The van der Waals surface area contributed by atoms with Crippen LogP contribution in [0.5, 0.6) is 11.5 Å². The molecule has 4 aromatic rings. The number of rotatable bonds is 5. The van der Waals surface area contributed by atoms with Gasteiger partial charge in [0.05, 0.1) is 23.5 Å². The Labute approximate surface area is 198 Å². The molecule has 1 amide bonds. The van der Waals surface area contributed by atoms with Gasteiger partial charge in [-0.1, -0.05) is 42.5 Å². The Morgan fingerprint density at radius 1 is 0.853 bits per heavy atom. The van der Waals surface area contributed by atoms with Crippen LogP contribution >= 0.6 is 0 Å². The summed E-state index contributed by atoms with van der Waals surface area (Å²) < 4.78 is 0. The lowest BCUT2D eigenvalue weighted by Gasteiger charge is -2.15. The fourth-order valence-corrected chi connectivity index (χ4v) is 4.35. The summed E-state index contributed by atoms with van der Waals surface area (Å²) in [5, 5.41) is 22.4. The molecule has 1 aliphatic rings. The first-order valence-electron chi connectivity index (χ1n) is 11.4. The minimum atomic E-state index is -0.187. The molecule has 3 N–H and O–H groups in total. The van der Waals surface area contributed by atoms with Crippen LogP contribution in [0.25, 0.3) is 11.3 Å². The molecule has 34 heavy (non-hydrogen) atoms. The fourth-order valence-electron chi connectivity index (χ4n) is 4.35. The number of phenols is 2. The van der Waals surface area contributed by atoms with Crippen LogP contribution in [-0.2, 0) is 30.5 Å². The van der Waals surface area contributed by atoms with Gasteiger partial charge >= 0.3 is 0 Å². The maximum absolute atomic E-state index is 12.9. The van der Waals surface area contributed by atoms with Gasteiger partial charge in [-0.15, -0.1) is 0 Å². The molecular formula is C28H25N3O3. The number of fused-ring (bicyclic) bond motifs is 3. The third-order valence-corrected chi connectivity index (χ3v) is 6.02. The lowest BCUT2D eigenvalue weighted by molar-refractivity contribution is -0.115. The van der Waals surface area contributed by atoms with Crippen LogP contribution in [0.3, 0.4) is 0 Å². The zero-order valence-corrected chi connectivity index (χ0v) is 18.7. The van der Waals surface area contributed by atoms with Gasteiger partial charge in [0.15, 0.2) is 5.82 Å². The van der Waals surface area contributed by atoms with E-state index in [1.165, 1.54) is 0 Å². The molecule has 0 radical (unpaired) electrons. The molecule has 5 rings (SSSR count). The standard InChI is InChI=1S/C28H25N3O3/c32-21-11-9-19(10-12-21)16-26(34)31-28-25(15-18-5-2-1-3-6-18)29-27-23-14-13-22(33)17-20(23)7-4-8-24(27)30-28/h1-3,5-6,9-14,17,32-33H,4,7-8,15-16H2,(H,30,31,34). The summed E-state index contributed by atoms with van der Waals surface area (Å²) in [6.45, 7) is 0. The third kappa shape index (κ3) is 4.76. The highest BCUT2D eigenvalue weighted by Crippen LogP contribution is 2.34. The Morgan fingerprint density at radius 3 is 2.41 bits per heavy atom. The summed E-state index contributed by atoms with van der Waals surface area (Å²) in [7, 11) is 0. The lowest BCUT2D eigenvalue weighted by Crippen LogP contribution is -2.18. The first-order valence-corrected chi connectivity index (χ1v) is 11.4. The van der Waals surface area contributed by atoms with Crippen molar-refractivity contribution in [2.75, 3.05) is 5.32 Å². The minimum Gasteiger partial charge on any atom is -0.508 e. The van der Waals surface area contributed by atoms with Crippen molar-refractivity contribution in [2.45, 2.75) is 32.1 Å². The van der Waals surface area contributed by atoms with E-state index < -0.39 is 0 Å². The smallest absolute Gasteiger partial charge is 0.229 e. The van der Waals surface area contributed by atoms with Gasteiger partial charge in [0.1, 0.15) is 11.5 Å². The average molecular weight is 452 g/mol. The Bertz CT molecular complexity index is 1340. The lowest BCUT2D eigenvalue weighted by atomic mass is 10.0. The number of nitrogens with zero attached hydrogens (tertiary/aromatic N) is 2. The molecule has 0 fully saturated rings. The van der Waals surface area contributed by atoms with Gasteiger partial charge in [0, 0.05) is 12.0 Å². The number of aromatic hydroxyl groups is 2. The second kappa shape index (κ2) is 9.35. The van der Waals surface area contributed by atoms with Gasteiger partial charge < -0.3 is 15.5 Å². The van der Waals surface area contributed by atoms with Gasteiger partial charge in [0.25, 0.3) is 0 Å². The van der Waals surface area contributed by atoms with Crippen molar-refractivity contribution in [3.05, 3.63) is 101 Å². The van der Waals surface area contributed by atoms with Crippen LogP contribution in [0.1, 0.15) is 34.5 Å². The zero-order chi connectivity index (χ0) is 23.5. The van der Waals surface area contributed by atoms with Crippen molar-refractivity contribution in [1.82, 2.24) is 9.97 Å². The number of anilines is 1. The second-order valence-electron chi connectivity index (χ2n) is 8.56. The molecule has 3 aromatic carbocycles. The van der Waals surface area contributed by atoms with E-state index in [-0.39, 0.29) is 23.8 Å². The van der Waals surface area contributed by atoms with Crippen LogP contribution in [0, 0.1) is 0 Å². The number of phenolic OH excluding ortho intramolecular Hbond substituents is 2. The number of hydrogen-bond acceptors (Lipinski definition) is 5. The summed E-state index contributed by atoms with van der Waals surface area (Å²) in [5.74, 6) is 0.708. The van der Waals surface area contributed by atoms with Crippen molar-refractivity contribution in [1.29, 1.82) is 0 Å². The topological polar surface area (TPSA) is 95.3 Å². The maximum Gasteiger partial charge on any atom is 0.229 e. The number of carbonyl (C=O) groups is 1. The third-order valence-electron chi connectivity index (χ3n) is 6.02. The molecule has 1 heterocycles. The van der Waals surface area contributed by atoms with Crippen LogP contribution in [-0.4, -0.2) is 26.1 Å². The predicted octanol–water partition coefficient (Wildman–Crippen LogP) is 4.82. The number of nitrogens with one attached hydrogen (secondary N) is 1. The molecule has 0 unspecified atom stereocenters. The van der Waals surface area contributed by atoms with Crippen molar-refractivity contribution >= 4 is 11.7 Å². The number of benzene rings is 3. The summed E-state index contributed by atoms with van der Waals surface area (Å²) in [5.41, 5.74) is 6.28. The Morgan fingerprint density at radius 2 is 1.62 bits per heavy atom. The SMILES string of the molecule is O=C(Cc1ccc(O)cc1)Nc1nc2c(nc1Cc1ccccc1)-c1ccc(O)cc1CCC2. The number of amides is 1. The highest BCUT2D eigenvalue weighted by molar-refractivity contribution is 5.92. The van der Waals surface area contributed by atoms with Crippen LogP contribution in [0.15, 0.2) is 72.8 Å². The highest BCUT2D eigenvalue weighted by Gasteiger charge is 2.22. The summed E-state index contributed by atoms with van der Waals surface area (Å²) >= 11 is 0. The maximum atomic E-state index is 12.9. The Kier molecular flexibility index (Phi) is 5.95. The molecule has 0 saturated heterocycles. The largest absolute Gasteiger partial charge is 0.508 e. The van der Waals surface area contributed by atoms with Gasteiger partial charge in [-0.05, 0) is 66.3 Å². The Hall–Kier alpha value is -4.19.